The number of rotatable bonds is 3. The minimum absolute atomic E-state index is 0.0738. The van der Waals surface area contributed by atoms with Gasteiger partial charge in [0.05, 0.1) is 6.10 Å². The summed E-state index contributed by atoms with van der Waals surface area (Å²) in [6, 6.07) is 0.513. The first kappa shape index (κ1) is 7.98. The van der Waals surface area contributed by atoms with Crippen LogP contribution < -0.4 is 11.1 Å². The predicted molar refractivity (Wildman–Crippen MR) is 40.7 cm³/mol. The van der Waals surface area contributed by atoms with E-state index in [2.05, 4.69) is 5.32 Å². The lowest BCUT2D eigenvalue weighted by molar-refractivity contribution is 0.179. The largest absolute Gasteiger partial charge is 0.393 e. The Morgan fingerprint density at radius 2 is 2.30 bits per heavy atom. The lowest BCUT2D eigenvalue weighted by Gasteiger charge is -2.09. The molecule has 0 aliphatic heterocycles. The molecule has 0 aromatic rings. The fourth-order valence-electron chi connectivity index (χ4n) is 1.43. The second-order valence-electron chi connectivity index (χ2n) is 2.91. The van der Waals surface area contributed by atoms with Gasteiger partial charge < -0.3 is 16.2 Å². The van der Waals surface area contributed by atoms with Crippen LogP contribution in [0.4, 0.5) is 0 Å². The smallest absolute Gasteiger partial charge is 0.0555 e. The molecule has 0 bridgehead atoms. The van der Waals surface area contributed by atoms with Crippen molar-refractivity contribution in [2.45, 2.75) is 31.4 Å². The van der Waals surface area contributed by atoms with E-state index in [1.165, 1.54) is 0 Å². The van der Waals surface area contributed by atoms with Gasteiger partial charge in [-0.25, -0.2) is 0 Å². The van der Waals surface area contributed by atoms with Gasteiger partial charge in [0, 0.05) is 19.1 Å². The van der Waals surface area contributed by atoms with Crippen molar-refractivity contribution in [3.8, 4) is 0 Å². The molecule has 0 heterocycles. The maximum absolute atomic E-state index is 9.13. The van der Waals surface area contributed by atoms with E-state index in [1.54, 1.807) is 0 Å². The molecule has 0 aromatic heterocycles. The Balaban J connectivity index is 2.06. The summed E-state index contributed by atoms with van der Waals surface area (Å²) in [5.41, 5.74) is 5.32. The Hall–Kier alpha value is -0.120. The highest BCUT2D eigenvalue weighted by molar-refractivity contribution is 4.79. The highest BCUT2D eigenvalue weighted by atomic mass is 16.3. The molecule has 1 aliphatic rings. The van der Waals surface area contributed by atoms with E-state index in [4.69, 9.17) is 10.8 Å². The molecule has 0 aromatic carbocycles. The van der Waals surface area contributed by atoms with Gasteiger partial charge in [-0.05, 0) is 19.3 Å². The lowest BCUT2D eigenvalue weighted by atomic mass is 10.2. The average Bonchev–Trinajstić information content (AvgIpc) is 2.31. The highest BCUT2D eigenvalue weighted by Gasteiger charge is 2.21. The second kappa shape index (κ2) is 3.91. The average molecular weight is 144 g/mol. The number of nitrogens with two attached hydrogens (primary N) is 1. The lowest BCUT2D eigenvalue weighted by Crippen LogP contribution is -2.31. The molecule has 4 N–H and O–H groups in total. The van der Waals surface area contributed by atoms with E-state index in [0.717, 1.165) is 25.8 Å². The second-order valence-corrected chi connectivity index (χ2v) is 2.91. The minimum Gasteiger partial charge on any atom is -0.393 e. The van der Waals surface area contributed by atoms with E-state index in [0.29, 0.717) is 12.6 Å². The Labute approximate surface area is 61.6 Å². The maximum Gasteiger partial charge on any atom is 0.0555 e. The molecule has 1 fully saturated rings. The standard InChI is InChI=1S/C7H16N2O/c8-3-4-9-6-1-2-7(10)5-6/h6-7,9-10H,1-5,8H2/t6-,7-/m1/s1. The molecule has 1 aliphatic carbocycles. The molecule has 60 valence electrons. The van der Waals surface area contributed by atoms with Gasteiger partial charge in [0.1, 0.15) is 0 Å². The monoisotopic (exact) mass is 144 g/mol. The molecule has 0 spiro atoms. The quantitative estimate of drug-likeness (QED) is 0.498. The summed E-state index contributed by atoms with van der Waals surface area (Å²) in [4.78, 5) is 0. The Kier molecular flexibility index (Phi) is 3.12. The first-order valence-corrected chi connectivity index (χ1v) is 3.94. The van der Waals surface area contributed by atoms with Gasteiger partial charge in [-0.1, -0.05) is 0 Å². The maximum atomic E-state index is 9.13. The van der Waals surface area contributed by atoms with Crippen LogP contribution in [0.5, 0.6) is 0 Å². The number of hydrogen-bond donors (Lipinski definition) is 3. The third-order valence-corrected chi connectivity index (χ3v) is 1.98. The summed E-state index contributed by atoms with van der Waals surface area (Å²) in [7, 11) is 0. The molecular formula is C7H16N2O. The van der Waals surface area contributed by atoms with Gasteiger partial charge in [-0.3, -0.25) is 0 Å². The van der Waals surface area contributed by atoms with Crippen molar-refractivity contribution in [2.24, 2.45) is 5.73 Å². The van der Waals surface area contributed by atoms with Crippen LogP contribution in [0.15, 0.2) is 0 Å². The number of aliphatic hydroxyl groups excluding tert-OH is 1. The summed E-state index contributed by atoms with van der Waals surface area (Å²) >= 11 is 0. The third-order valence-electron chi connectivity index (χ3n) is 1.98. The molecular weight excluding hydrogens is 128 g/mol. The van der Waals surface area contributed by atoms with E-state index in [9.17, 15) is 0 Å². The van der Waals surface area contributed by atoms with Crippen molar-refractivity contribution >= 4 is 0 Å². The Bertz CT molecular complexity index is 97.6. The zero-order valence-electron chi connectivity index (χ0n) is 6.21. The molecule has 2 atom stereocenters. The summed E-state index contributed by atoms with van der Waals surface area (Å²) in [6.45, 7) is 1.56. The SMILES string of the molecule is NCCN[C@@H]1CC[C@@H](O)C1. The van der Waals surface area contributed by atoms with Gasteiger partial charge in [0.2, 0.25) is 0 Å². The van der Waals surface area contributed by atoms with Gasteiger partial charge in [0.25, 0.3) is 0 Å². The number of nitrogens with one attached hydrogen (secondary N) is 1. The fourth-order valence-corrected chi connectivity index (χ4v) is 1.43. The molecule has 0 saturated heterocycles. The van der Waals surface area contributed by atoms with E-state index >= 15 is 0 Å². The van der Waals surface area contributed by atoms with Crippen LogP contribution in [0.3, 0.4) is 0 Å². The highest BCUT2D eigenvalue weighted by Crippen LogP contribution is 2.18. The summed E-state index contributed by atoms with van der Waals surface area (Å²) in [5, 5.41) is 12.4. The molecule has 0 radical (unpaired) electrons. The zero-order chi connectivity index (χ0) is 7.40. The van der Waals surface area contributed by atoms with Crippen LogP contribution in [0, 0.1) is 0 Å². The van der Waals surface area contributed by atoms with Crippen LogP contribution >= 0.6 is 0 Å². The summed E-state index contributed by atoms with van der Waals surface area (Å²) in [6.07, 6.45) is 2.87. The fraction of sp³-hybridized carbons (Fsp3) is 1.00. The number of aliphatic hydroxyl groups is 1. The summed E-state index contributed by atoms with van der Waals surface area (Å²) < 4.78 is 0. The molecule has 0 amide bonds. The molecule has 1 rings (SSSR count). The van der Waals surface area contributed by atoms with E-state index < -0.39 is 0 Å². The topological polar surface area (TPSA) is 58.3 Å². The van der Waals surface area contributed by atoms with Crippen LogP contribution in [-0.2, 0) is 0 Å². The third kappa shape index (κ3) is 2.25. The molecule has 3 heteroatoms. The normalized spacial score (nSPS) is 33.0. The van der Waals surface area contributed by atoms with Crippen LogP contribution in [-0.4, -0.2) is 30.3 Å². The van der Waals surface area contributed by atoms with Gasteiger partial charge >= 0.3 is 0 Å². The van der Waals surface area contributed by atoms with Gasteiger partial charge in [-0.15, -0.1) is 0 Å². The molecule has 10 heavy (non-hydrogen) atoms. The van der Waals surface area contributed by atoms with E-state index in [-0.39, 0.29) is 6.10 Å². The van der Waals surface area contributed by atoms with Crippen LogP contribution in [0.25, 0.3) is 0 Å². The Morgan fingerprint density at radius 3 is 2.80 bits per heavy atom. The first-order chi connectivity index (χ1) is 4.83. The van der Waals surface area contributed by atoms with Crippen molar-refractivity contribution in [1.29, 1.82) is 0 Å². The van der Waals surface area contributed by atoms with Gasteiger partial charge in [0.15, 0.2) is 0 Å². The zero-order valence-corrected chi connectivity index (χ0v) is 6.21. The first-order valence-electron chi connectivity index (χ1n) is 3.94. The number of hydrogen-bond acceptors (Lipinski definition) is 3. The van der Waals surface area contributed by atoms with Crippen molar-refractivity contribution in [3.05, 3.63) is 0 Å². The van der Waals surface area contributed by atoms with Crippen molar-refractivity contribution in [2.75, 3.05) is 13.1 Å². The van der Waals surface area contributed by atoms with E-state index in [1.807, 2.05) is 0 Å². The predicted octanol–water partition coefficient (Wildman–Crippen LogP) is -0.552. The van der Waals surface area contributed by atoms with Crippen LogP contribution in [0.1, 0.15) is 19.3 Å². The molecule has 0 unspecified atom stereocenters. The molecule has 1 saturated carbocycles. The summed E-state index contributed by atoms with van der Waals surface area (Å²) in [5.74, 6) is 0. The molecule has 3 nitrogen and oxygen atoms in total. The minimum atomic E-state index is -0.0738. The van der Waals surface area contributed by atoms with Crippen molar-refractivity contribution in [1.82, 2.24) is 5.32 Å². The van der Waals surface area contributed by atoms with Gasteiger partial charge in [-0.2, -0.15) is 0 Å². The van der Waals surface area contributed by atoms with Crippen molar-refractivity contribution < 1.29 is 5.11 Å². The van der Waals surface area contributed by atoms with Crippen LogP contribution in [0.2, 0.25) is 0 Å². The Morgan fingerprint density at radius 1 is 1.50 bits per heavy atom. The van der Waals surface area contributed by atoms with Crippen molar-refractivity contribution in [3.63, 3.8) is 0 Å².